The van der Waals surface area contributed by atoms with Crippen LogP contribution in [0.3, 0.4) is 0 Å². The molecule has 0 aromatic rings. The van der Waals surface area contributed by atoms with E-state index < -0.39 is 57.6 Å². The number of ether oxygens (including phenoxy) is 1. The fourth-order valence-electron chi connectivity index (χ4n) is 3.99. The van der Waals surface area contributed by atoms with Gasteiger partial charge < -0.3 is 25.2 Å². The van der Waals surface area contributed by atoms with Crippen molar-refractivity contribution in [1.29, 1.82) is 0 Å². The number of carbonyl (C=O) groups is 3. The molecule has 0 aromatic heterocycles. The van der Waals surface area contributed by atoms with E-state index in [2.05, 4.69) is 28.1 Å². The number of hydrogen-bond acceptors (Lipinski definition) is 8. The molecule has 0 spiro atoms. The van der Waals surface area contributed by atoms with Gasteiger partial charge in [-0.2, -0.15) is 0 Å². The van der Waals surface area contributed by atoms with Crippen molar-refractivity contribution in [2.45, 2.75) is 135 Å². The topological polar surface area (TPSA) is 169 Å². The second kappa shape index (κ2) is 25.9. The Kier molecular flexibility index (Phi) is 24.8. The third-order valence-electron chi connectivity index (χ3n) is 6.34. The van der Waals surface area contributed by atoms with E-state index in [0.29, 0.717) is 6.42 Å². The fourth-order valence-corrected chi connectivity index (χ4v) is 4.76. The van der Waals surface area contributed by atoms with Crippen LogP contribution < -0.4 is 5.32 Å². The van der Waals surface area contributed by atoms with Crippen molar-refractivity contribution in [2.24, 2.45) is 0 Å². The lowest BCUT2D eigenvalue weighted by molar-refractivity contribution is -0.147. The van der Waals surface area contributed by atoms with Crippen LogP contribution in [-0.4, -0.2) is 64.9 Å². The zero-order valence-corrected chi connectivity index (χ0v) is 26.0. The summed E-state index contributed by atoms with van der Waals surface area (Å²) in [6.07, 6.45) is 22.7. The quantitative estimate of drug-likeness (QED) is 0.0368. The van der Waals surface area contributed by atoms with E-state index in [0.717, 1.165) is 32.6 Å². The van der Waals surface area contributed by atoms with Gasteiger partial charge in [-0.05, 0) is 32.1 Å². The molecule has 0 saturated carbocycles. The maximum Gasteiger partial charge on any atom is 0.472 e. The largest absolute Gasteiger partial charge is 0.480 e. The Hall–Kier alpha value is -1.78. The number of aliphatic hydroxyl groups is 1. The van der Waals surface area contributed by atoms with Gasteiger partial charge in [-0.3, -0.25) is 18.6 Å². The van der Waals surface area contributed by atoms with Crippen LogP contribution in [0.2, 0.25) is 0 Å². The van der Waals surface area contributed by atoms with Crippen molar-refractivity contribution >= 4 is 25.7 Å². The zero-order valence-electron chi connectivity index (χ0n) is 25.1. The van der Waals surface area contributed by atoms with Crippen LogP contribution in [0.15, 0.2) is 12.2 Å². The van der Waals surface area contributed by atoms with E-state index in [1.54, 1.807) is 0 Å². The predicted molar refractivity (Wildman–Crippen MR) is 157 cm³/mol. The van der Waals surface area contributed by atoms with Crippen LogP contribution in [0.1, 0.15) is 123 Å². The predicted octanol–water partition coefficient (Wildman–Crippen LogP) is 5.82. The smallest absolute Gasteiger partial charge is 0.472 e. The van der Waals surface area contributed by atoms with E-state index in [1.807, 2.05) is 5.32 Å². The number of nitrogens with one attached hydrogen (secondary N) is 1. The first-order valence-electron chi connectivity index (χ1n) is 15.2. The highest BCUT2D eigenvalue weighted by Gasteiger charge is 2.28. The highest BCUT2D eigenvalue weighted by atomic mass is 31.2. The van der Waals surface area contributed by atoms with Crippen molar-refractivity contribution in [3.8, 4) is 0 Å². The molecule has 0 fully saturated rings. The summed E-state index contributed by atoms with van der Waals surface area (Å²) in [5.74, 6) is -2.59. The van der Waals surface area contributed by atoms with Crippen LogP contribution in [0.5, 0.6) is 0 Å². The molecule has 0 aromatic carbocycles. The number of carboxylic acids is 1. The number of esters is 1. The molecule has 41 heavy (non-hydrogen) atoms. The van der Waals surface area contributed by atoms with Crippen LogP contribution in [0.25, 0.3) is 0 Å². The summed E-state index contributed by atoms with van der Waals surface area (Å²) < 4.78 is 26.0. The third kappa shape index (κ3) is 26.8. The van der Waals surface area contributed by atoms with Gasteiger partial charge >= 0.3 is 19.8 Å². The molecule has 1 amide bonds. The lowest BCUT2D eigenvalue weighted by atomic mass is 10.1. The van der Waals surface area contributed by atoms with Gasteiger partial charge in [-0.15, -0.1) is 0 Å². The number of aliphatic hydroxyl groups excluding tert-OH is 1. The number of rotatable bonds is 28. The lowest BCUT2D eigenvalue weighted by Gasteiger charge is -2.18. The number of carboxylic acid groups (broad SMARTS) is 1. The minimum Gasteiger partial charge on any atom is -0.480 e. The highest BCUT2D eigenvalue weighted by molar-refractivity contribution is 7.47. The molecule has 11 nitrogen and oxygen atoms in total. The van der Waals surface area contributed by atoms with Crippen LogP contribution in [0.4, 0.5) is 0 Å². The number of allylic oxidation sites excluding steroid dienone is 2. The molecule has 0 aliphatic carbocycles. The molecule has 3 unspecified atom stereocenters. The van der Waals surface area contributed by atoms with E-state index in [4.69, 9.17) is 9.84 Å². The Labute approximate surface area is 246 Å². The Morgan fingerprint density at radius 2 is 1.27 bits per heavy atom. The van der Waals surface area contributed by atoms with Gasteiger partial charge in [0.1, 0.15) is 12.7 Å². The highest BCUT2D eigenvalue weighted by Crippen LogP contribution is 2.43. The van der Waals surface area contributed by atoms with Gasteiger partial charge in [0.05, 0.1) is 13.2 Å². The number of amides is 1. The Bertz CT molecular complexity index is 777. The normalized spacial score (nSPS) is 14.4. The minimum absolute atomic E-state index is 0.221. The third-order valence-corrected chi connectivity index (χ3v) is 7.29. The standard InChI is InChI=1S/C29H54NO10P/c1-3-4-5-6-7-8-9-10-11-12-13-14-15-16-17-18-19-20-21-28(33)38-22-26(32)23-39-41(36,37)40-24-27(29(34)35)30-25(2)31/h11-12,26-27,32H,3-10,13-24H2,1-2H3,(H,30,31)(H,34,35)(H,36,37)/b12-11-. The van der Waals surface area contributed by atoms with E-state index in [9.17, 15) is 28.9 Å². The summed E-state index contributed by atoms with van der Waals surface area (Å²) in [6.45, 7) is 1.42. The van der Waals surface area contributed by atoms with Gasteiger partial charge in [-0.1, -0.05) is 89.7 Å². The van der Waals surface area contributed by atoms with Gasteiger partial charge in [0.2, 0.25) is 5.91 Å². The molecule has 0 radical (unpaired) electrons. The number of phosphoric acid groups is 1. The van der Waals surface area contributed by atoms with E-state index >= 15 is 0 Å². The Morgan fingerprint density at radius 3 is 1.78 bits per heavy atom. The monoisotopic (exact) mass is 607 g/mol. The maximum absolute atomic E-state index is 11.9. The molecule has 0 heterocycles. The Morgan fingerprint density at radius 1 is 0.780 bits per heavy atom. The summed E-state index contributed by atoms with van der Waals surface area (Å²) in [4.78, 5) is 43.4. The first kappa shape index (κ1) is 39.2. The molecule has 4 N–H and O–H groups in total. The number of phosphoric ester groups is 1. The van der Waals surface area contributed by atoms with Gasteiger partial charge in [0.25, 0.3) is 0 Å². The summed E-state index contributed by atoms with van der Waals surface area (Å²) in [7, 11) is -4.70. The van der Waals surface area contributed by atoms with Gasteiger partial charge in [-0.25, -0.2) is 9.36 Å². The summed E-state index contributed by atoms with van der Waals surface area (Å²) >= 11 is 0. The van der Waals surface area contributed by atoms with Gasteiger partial charge in [0, 0.05) is 13.3 Å². The van der Waals surface area contributed by atoms with Crippen molar-refractivity contribution in [3.63, 3.8) is 0 Å². The zero-order chi connectivity index (χ0) is 30.8. The molecule has 0 rings (SSSR count). The fraction of sp³-hybridized carbons (Fsp3) is 0.828. The van der Waals surface area contributed by atoms with Crippen molar-refractivity contribution < 1.29 is 47.8 Å². The summed E-state index contributed by atoms with van der Waals surface area (Å²) in [6, 6.07) is -1.54. The Balaban J connectivity index is 3.68. The average molecular weight is 608 g/mol. The molecular formula is C29H54NO10P. The number of aliphatic carboxylic acids is 1. The summed E-state index contributed by atoms with van der Waals surface area (Å²) in [5, 5.41) is 20.8. The first-order valence-corrected chi connectivity index (χ1v) is 16.7. The molecule has 0 saturated heterocycles. The van der Waals surface area contributed by atoms with E-state index in [-0.39, 0.29) is 6.42 Å². The molecule has 0 bridgehead atoms. The number of carbonyl (C=O) groups excluding carboxylic acids is 2. The van der Waals surface area contributed by atoms with Crippen LogP contribution in [0, 0.1) is 0 Å². The summed E-state index contributed by atoms with van der Waals surface area (Å²) in [5.41, 5.74) is 0. The molecule has 12 heteroatoms. The molecule has 0 aliphatic heterocycles. The number of unbranched alkanes of at least 4 members (excludes halogenated alkanes) is 14. The molecule has 3 atom stereocenters. The van der Waals surface area contributed by atoms with E-state index in [1.165, 1.54) is 70.6 Å². The minimum atomic E-state index is -4.70. The SMILES string of the molecule is CCCCCCCCC/C=C\CCCCCCCCCC(=O)OCC(O)COP(=O)(O)OCC(NC(C)=O)C(=O)O. The average Bonchev–Trinajstić information content (AvgIpc) is 2.92. The maximum atomic E-state index is 11.9. The second-order valence-electron chi connectivity index (χ2n) is 10.4. The van der Waals surface area contributed by atoms with Crippen LogP contribution >= 0.6 is 7.82 Å². The molecule has 240 valence electrons. The first-order chi connectivity index (χ1) is 19.6. The number of hydrogen-bond donors (Lipinski definition) is 4. The van der Waals surface area contributed by atoms with Gasteiger partial charge in [0.15, 0.2) is 6.04 Å². The van der Waals surface area contributed by atoms with Crippen molar-refractivity contribution in [1.82, 2.24) is 5.32 Å². The molecule has 0 aliphatic rings. The lowest BCUT2D eigenvalue weighted by Crippen LogP contribution is -2.42. The van der Waals surface area contributed by atoms with Crippen LogP contribution in [-0.2, 0) is 32.7 Å². The van der Waals surface area contributed by atoms with Crippen molar-refractivity contribution in [3.05, 3.63) is 12.2 Å². The van der Waals surface area contributed by atoms with Crippen molar-refractivity contribution in [2.75, 3.05) is 19.8 Å². The second-order valence-corrected chi connectivity index (χ2v) is 11.8. The molecular weight excluding hydrogens is 553 g/mol.